The Morgan fingerprint density at radius 1 is 1.26 bits per heavy atom. The van der Waals surface area contributed by atoms with Gasteiger partial charge >= 0.3 is 5.97 Å². The molecule has 0 radical (unpaired) electrons. The fourth-order valence-corrected chi connectivity index (χ4v) is 3.28. The largest absolute Gasteiger partial charge is 0.489 e. The van der Waals surface area contributed by atoms with Gasteiger partial charge in [-0.2, -0.15) is 0 Å². The number of benzene rings is 1. The fraction of sp³-hybridized carbons (Fsp3) is 0.211. The van der Waals surface area contributed by atoms with E-state index in [-0.39, 0.29) is 24.6 Å². The lowest BCUT2D eigenvalue weighted by Gasteiger charge is -2.07. The van der Waals surface area contributed by atoms with Crippen molar-refractivity contribution in [1.29, 1.82) is 0 Å². The van der Waals surface area contributed by atoms with Gasteiger partial charge in [-0.15, -0.1) is 0 Å². The van der Waals surface area contributed by atoms with E-state index in [1.165, 1.54) is 29.0 Å². The molecule has 140 valence electrons. The first-order valence-electron chi connectivity index (χ1n) is 8.23. The molecule has 27 heavy (non-hydrogen) atoms. The summed E-state index contributed by atoms with van der Waals surface area (Å²) < 4.78 is 24.8. The Balaban J connectivity index is 1.77. The van der Waals surface area contributed by atoms with Crippen molar-refractivity contribution < 1.29 is 18.7 Å². The van der Waals surface area contributed by atoms with Gasteiger partial charge in [0.05, 0.1) is 12.3 Å². The summed E-state index contributed by atoms with van der Waals surface area (Å²) in [4.78, 5) is 29.0. The van der Waals surface area contributed by atoms with Crippen molar-refractivity contribution in [3.05, 3.63) is 74.9 Å². The van der Waals surface area contributed by atoms with Gasteiger partial charge in [0.1, 0.15) is 23.1 Å². The molecule has 0 bridgehead atoms. The standard InChI is InChI=1S/C19H17FN2O4S/c1-3-25-18(24)17-12(2)21-19(27-17)22-9-8-15(10-16(22)23)26-11-13-4-6-14(20)7-5-13/h4-10H,3,11H2,1-2H3. The van der Waals surface area contributed by atoms with Crippen LogP contribution in [0.25, 0.3) is 5.13 Å². The van der Waals surface area contributed by atoms with Crippen molar-refractivity contribution in [3.63, 3.8) is 0 Å². The lowest BCUT2D eigenvalue weighted by atomic mass is 10.2. The maximum absolute atomic E-state index is 12.9. The second-order valence-corrected chi connectivity index (χ2v) is 6.59. The molecule has 0 aliphatic carbocycles. The minimum Gasteiger partial charge on any atom is -0.489 e. The minimum absolute atomic E-state index is 0.215. The van der Waals surface area contributed by atoms with E-state index < -0.39 is 5.97 Å². The lowest BCUT2D eigenvalue weighted by Crippen LogP contribution is -2.16. The van der Waals surface area contributed by atoms with Crippen LogP contribution in [0.3, 0.4) is 0 Å². The van der Waals surface area contributed by atoms with Crippen molar-refractivity contribution in [2.75, 3.05) is 6.61 Å². The molecule has 0 saturated heterocycles. The van der Waals surface area contributed by atoms with Crippen molar-refractivity contribution in [2.24, 2.45) is 0 Å². The van der Waals surface area contributed by atoms with Gasteiger partial charge in [-0.25, -0.2) is 14.2 Å². The predicted octanol–water partition coefficient (Wildman–Crippen LogP) is 3.50. The number of aryl methyl sites for hydroxylation is 1. The number of esters is 1. The molecule has 0 aliphatic rings. The van der Waals surface area contributed by atoms with Crippen molar-refractivity contribution in [1.82, 2.24) is 9.55 Å². The van der Waals surface area contributed by atoms with E-state index in [9.17, 15) is 14.0 Å². The number of ether oxygens (including phenoxy) is 2. The summed E-state index contributed by atoms with van der Waals surface area (Å²) >= 11 is 1.09. The number of carbonyl (C=O) groups is 1. The number of thiazole rings is 1. The molecule has 2 aromatic heterocycles. The number of hydrogen-bond acceptors (Lipinski definition) is 6. The Morgan fingerprint density at radius 3 is 2.67 bits per heavy atom. The number of carbonyl (C=O) groups excluding carboxylic acids is 1. The molecule has 8 heteroatoms. The number of aromatic nitrogens is 2. The molecule has 0 aliphatic heterocycles. The summed E-state index contributed by atoms with van der Waals surface area (Å²) in [5.41, 5.74) is 0.961. The summed E-state index contributed by atoms with van der Waals surface area (Å²) in [6.07, 6.45) is 1.54. The average Bonchev–Trinajstić information content (AvgIpc) is 3.03. The molecule has 6 nitrogen and oxygen atoms in total. The van der Waals surface area contributed by atoms with Crippen LogP contribution in [0.4, 0.5) is 4.39 Å². The molecule has 0 unspecified atom stereocenters. The Morgan fingerprint density at radius 2 is 2.00 bits per heavy atom. The molecular formula is C19H17FN2O4S. The molecule has 1 aromatic carbocycles. The highest BCUT2D eigenvalue weighted by molar-refractivity contribution is 7.16. The van der Waals surface area contributed by atoms with E-state index in [1.54, 1.807) is 32.0 Å². The predicted molar refractivity (Wildman–Crippen MR) is 99.1 cm³/mol. The van der Waals surface area contributed by atoms with E-state index in [2.05, 4.69) is 4.98 Å². The van der Waals surface area contributed by atoms with Crippen LogP contribution in [-0.4, -0.2) is 22.1 Å². The van der Waals surface area contributed by atoms with E-state index in [0.717, 1.165) is 16.9 Å². The number of rotatable bonds is 6. The molecule has 0 atom stereocenters. The molecule has 0 fully saturated rings. The summed E-state index contributed by atoms with van der Waals surface area (Å²) in [5.74, 6) is -0.382. The number of nitrogens with zero attached hydrogens (tertiary/aromatic N) is 2. The van der Waals surface area contributed by atoms with Gasteiger partial charge < -0.3 is 9.47 Å². The zero-order valence-electron chi connectivity index (χ0n) is 14.8. The van der Waals surface area contributed by atoms with Gasteiger partial charge in [0.25, 0.3) is 5.56 Å². The van der Waals surface area contributed by atoms with E-state index >= 15 is 0 Å². The first-order chi connectivity index (χ1) is 13.0. The van der Waals surface area contributed by atoms with E-state index in [4.69, 9.17) is 9.47 Å². The lowest BCUT2D eigenvalue weighted by molar-refractivity contribution is 0.0531. The maximum atomic E-state index is 12.9. The van der Waals surface area contributed by atoms with Crippen LogP contribution in [0.1, 0.15) is 27.9 Å². The van der Waals surface area contributed by atoms with Gasteiger partial charge in [-0.1, -0.05) is 23.5 Å². The topological polar surface area (TPSA) is 70.4 Å². The first kappa shape index (κ1) is 18.8. The van der Waals surface area contributed by atoms with Gasteiger partial charge in [0.2, 0.25) is 0 Å². The van der Waals surface area contributed by atoms with Crippen LogP contribution in [0.2, 0.25) is 0 Å². The summed E-state index contributed by atoms with van der Waals surface area (Å²) in [6.45, 7) is 3.90. The third kappa shape index (κ3) is 4.40. The highest BCUT2D eigenvalue weighted by atomic mass is 32.1. The zero-order valence-corrected chi connectivity index (χ0v) is 15.6. The molecule has 3 aromatic rings. The van der Waals surface area contributed by atoms with Crippen molar-refractivity contribution >= 4 is 17.3 Å². The van der Waals surface area contributed by atoms with Crippen LogP contribution in [-0.2, 0) is 11.3 Å². The van der Waals surface area contributed by atoms with Crippen LogP contribution in [0.5, 0.6) is 5.75 Å². The van der Waals surface area contributed by atoms with Crippen molar-refractivity contribution in [2.45, 2.75) is 20.5 Å². The Kier molecular flexibility index (Phi) is 5.66. The van der Waals surface area contributed by atoms with Crippen LogP contribution in [0, 0.1) is 12.7 Å². The average molecular weight is 388 g/mol. The van der Waals surface area contributed by atoms with Gasteiger partial charge in [0, 0.05) is 12.3 Å². The normalized spacial score (nSPS) is 10.6. The number of halogens is 1. The zero-order chi connectivity index (χ0) is 19.4. The molecule has 0 spiro atoms. The quantitative estimate of drug-likeness (QED) is 0.605. The highest BCUT2D eigenvalue weighted by Gasteiger charge is 2.17. The number of hydrogen-bond donors (Lipinski definition) is 0. The van der Waals surface area contributed by atoms with Crippen LogP contribution >= 0.6 is 11.3 Å². The highest BCUT2D eigenvalue weighted by Crippen LogP contribution is 2.22. The third-order valence-corrected chi connectivity index (χ3v) is 4.80. The van der Waals surface area contributed by atoms with Crippen molar-refractivity contribution in [3.8, 4) is 10.9 Å². The third-order valence-electron chi connectivity index (χ3n) is 3.66. The second kappa shape index (κ2) is 8.13. The van der Waals surface area contributed by atoms with Gasteiger partial charge in [-0.3, -0.25) is 9.36 Å². The Bertz CT molecular complexity index is 1010. The minimum atomic E-state index is -0.453. The SMILES string of the molecule is CCOC(=O)c1sc(-n2ccc(OCc3ccc(F)cc3)cc2=O)nc1C. The molecule has 3 rings (SSSR count). The Hall–Kier alpha value is -3.00. The van der Waals surface area contributed by atoms with Crippen LogP contribution < -0.4 is 10.3 Å². The van der Waals surface area contributed by atoms with Gasteiger partial charge in [-0.05, 0) is 37.6 Å². The smallest absolute Gasteiger partial charge is 0.350 e. The second-order valence-electron chi connectivity index (χ2n) is 5.62. The molecule has 0 amide bonds. The summed E-state index contributed by atoms with van der Waals surface area (Å²) in [6, 6.07) is 8.90. The van der Waals surface area contributed by atoms with Crippen LogP contribution in [0.15, 0.2) is 47.4 Å². The van der Waals surface area contributed by atoms with E-state index in [0.29, 0.717) is 21.5 Å². The number of pyridine rings is 1. The molecule has 0 N–H and O–H groups in total. The summed E-state index contributed by atoms with van der Waals surface area (Å²) in [5, 5.41) is 0.380. The fourth-order valence-electron chi connectivity index (χ4n) is 2.33. The maximum Gasteiger partial charge on any atom is 0.350 e. The molecule has 2 heterocycles. The van der Waals surface area contributed by atoms with E-state index in [1.807, 2.05) is 0 Å². The van der Waals surface area contributed by atoms with Gasteiger partial charge in [0.15, 0.2) is 5.13 Å². The monoisotopic (exact) mass is 388 g/mol. The first-order valence-corrected chi connectivity index (χ1v) is 9.04. The molecular weight excluding hydrogens is 371 g/mol. The summed E-state index contributed by atoms with van der Waals surface area (Å²) in [7, 11) is 0. The molecule has 0 saturated carbocycles. The Labute approximate surface area is 158 Å².